The summed E-state index contributed by atoms with van der Waals surface area (Å²) < 4.78 is 19.4. The second-order valence-electron chi connectivity index (χ2n) is 6.69. The number of nitrogens with one attached hydrogen (secondary N) is 1. The first-order valence-electron chi connectivity index (χ1n) is 8.15. The number of hydrogen-bond acceptors (Lipinski definition) is 2. The molecule has 1 rings (SSSR count). The third-order valence-electron chi connectivity index (χ3n) is 3.63. The third-order valence-corrected chi connectivity index (χ3v) is 3.63. The average Bonchev–Trinajstić information content (AvgIpc) is 2.45. The number of unbranched alkanes of at least 4 members (excludes halogenated alkanes) is 2. The summed E-state index contributed by atoms with van der Waals surface area (Å²) in [7, 11) is 0. The summed E-state index contributed by atoms with van der Waals surface area (Å²) in [5.41, 5.74) is 0.828. The molecule has 0 bridgehead atoms. The molecule has 0 atom stereocenters. The van der Waals surface area contributed by atoms with Crippen molar-refractivity contribution in [2.24, 2.45) is 5.92 Å². The molecule has 0 aliphatic carbocycles. The molecule has 0 aliphatic rings. The van der Waals surface area contributed by atoms with Crippen LogP contribution in [-0.4, -0.2) is 13.2 Å². The van der Waals surface area contributed by atoms with E-state index in [0.29, 0.717) is 18.3 Å². The molecule has 0 spiro atoms. The van der Waals surface area contributed by atoms with Gasteiger partial charge >= 0.3 is 0 Å². The molecule has 1 N–H and O–H groups in total. The van der Waals surface area contributed by atoms with Crippen molar-refractivity contribution in [3.05, 3.63) is 42.2 Å². The van der Waals surface area contributed by atoms with Gasteiger partial charge in [0.1, 0.15) is 0 Å². The molecule has 3 heteroatoms. The number of allylic oxidation sites excluding steroid dienone is 1. The molecule has 22 heavy (non-hydrogen) atoms. The van der Waals surface area contributed by atoms with Crippen LogP contribution in [0.1, 0.15) is 52.5 Å². The molecular formula is C19H30FNO. The quantitative estimate of drug-likeness (QED) is 0.483. The zero-order valence-corrected chi connectivity index (χ0v) is 14.4. The minimum absolute atomic E-state index is 0.210. The highest BCUT2D eigenvalue weighted by atomic mass is 19.1. The normalized spacial score (nSPS) is 11.7. The van der Waals surface area contributed by atoms with Gasteiger partial charge < -0.3 is 10.1 Å². The van der Waals surface area contributed by atoms with Gasteiger partial charge in [-0.1, -0.05) is 26.0 Å². The van der Waals surface area contributed by atoms with E-state index in [1.165, 1.54) is 6.07 Å². The molecule has 0 aliphatic heterocycles. The SMILES string of the molecule is C=CCCCCNC(C)(C)c1ccc(F)c(OCC(C)C)c1. The molecule has 0 saturated carbocycles. The number of ether oxygens (including phenoxy) is 1. The fourth-order valence-electron chi connectivity index (χ4n) is 2.18. The summed E-state index contributed by atoms with van der Waals surface area (Å²) in [6.45, 7) is 13.5. The summed E-state index contributed by atoms with van der Waals surface area (Å²) in [5.74, 6) is 0.415. The second kappa shape index (κ2) is 8.94. The van der Waals surface area contributed by atoms with Gasteiger partial charge in [0.05, 0.1) is 6.61 Å². The van der Waals surface area contributed by atoms with Crippen LogP contribution in [0.4, 0.5) is 4.39 Å². The lowest BCUT2D eigenvalue weighted by molar-refractivity contribution is 0.258. The van der Waals surface area contributed by atoms with Gasteiger partial charge in [-0.2, -0.15) is 0 Å². The number of benzene rings is 1. The van der Waals surface area contributed by atoms with Gasteiger partial charge in [-0.15, -0.1) is 6.58 Å². The van der Waals surface area contributed by atoms with Gasteiger partial charge in [0.15, 0.2) is 11.6 Å². The van der Waals surface area contributed by atoms with E-state index in [9.17, 15) is 4.39 Å². The van der Waals surface area contributed by atoms with E-state index in [1.807, 2.05) is 18.2 Å². The van der Waals surface area contributed by atoms with Crippen LogP contribution in [0.5, 0.6) is 5.75 Å². The van der Waals surface area contributed by atoms with Gasteiger partial charge in [0.25, 0.3) is 0 Å². The first-order valence-corrected chi connectivity index (χ1v) is 8.15. The van der Waals surface area contributed by atoms with Crippen LogP contribution in [0.3, 0.4) is 0 Å². The minimum atomic E-state index is -0.300. The van der Waals surface area contributed by atoms with E-state index in [-0.39, 0.29) is 11.4 Å². The molecule has 0 fully saturated rings. The zero-order valence-electron chi connectivity index (χ0n) is 14.4. The van der Waals surface area contributed by atoms with E-state index in [2.05, 4.69) is 39.6 Å². The van der Waals surface area contributed by atoms with Crippen LogP contribution in [0.15, 0.2) is 30.9 Å². The molecule has 0 unspecified atom stereocenters. The lowest BCUT2D eigenvalue weighted by Crippen LogP contribution is -2.37. The average molecular weight is 307 g/mol. The van der Waals surface area contributed by atoms with Crippen molar-refractivity contribution in [3.63, 3.8) is 0 Å². The summed E-state index contributed by atoms with van der Waals surface area (Å²) in [4.78, 5) is 0. The highest BCUT2D eigenvalue weighted by Gasteiger charge is 2.21. The van der Waals surface area contributed by atoms with E-state index in [0.717, 1.165) is 31.4 Å². The van der Waals surface area contributed by atoms with Gasteiger partial charge in [0, 0.05) is 5.54 Å². The van der Waals surface area contributed by atoms with Crippen molar-refractivity contribution in [1.82, 2.24) is 5.32 Å². The van der Waals surface area contributed by atoms with Crippen LogP contribution in [0.25, 0.3) is 0 Å². The fraction of sp³-hybridized carbons (Fsp3) is 0.579. The van der Waals surface area contributed by atoms with Crippen molar-refractivity contribution < 1.29 is 9.13 Å². The Balaban J connectivity index is 2.68. The van der Waals surface area contributed by atoms with Crippen molar-refractivity contribution in [2.45, 2.75) is 52.5 Å². The molecule has 0 heterocycles. The zero-order chi connectivity index (χ0) is 16.6. The number of halogens is 1. The molecule has 1 aromatic carbocycles. The van der Waals surface area contributed by atoms with Crippen molar-refractivity contribution >= 4 is 0 Å². The Bertz CT molecular complexity index is 469. The van der Waals surface area contributed by atoms with Crippen LogP contribution in [0, 0.1) is 11.7 Å². The Labute approximate surface area is 134 Å². The predicted molar refractivity (Wildman–Crippen MR) is 91.8 cm³/mol. The molecule has 0 radical (unpaired) electrons. The smallest absolute Gasteiger partial charge is 0.165 e. The molecule has 0 amide bonds. The Kier molecular flexibility index (Phi) is 7.60. The van der Waals surface area contributed by atoms with Gasteiger partial charge in [-0.25, -0.2) is 4.39 Å². The summed E-state index contributed by atoms with van der Waals surface area (Å²) in [6.07, 6.45) is 5.24. The van der Waals surface area contributed by atoms with E-state index in [1.54, 1.807) is 0 Å². The Morgan fingerprint density at radius 2 is 2.05 bits per heavy atom. The van der Waals surface area contributed by atoms with E-state index < -0.39 is 0 Å². The summed E-state index contributed by atoms with van der Waals surface area (Å²) >= 11 is 0. The lowest BCUT2D eigenvalue weighted by Gasteiger charge is -2.28. The molecule has 1 aromatic rings. The van der Waals surface area contributed by atoms with Gasteiger partial charge in [0.2, 0.25) is 0 Å². The van der Waals surface area contributed by atoms with Crippen molar-refractivity contribution in [2.75, 3.05) is 13.2 Å². The highest BCUT2D eigenvalue weighted by Crippen LogP contribution is 2.27. The maximum absolute atomic E-state index is 13.8. The molecule has 0 aromatic heterocycles. The molecule has 124 valence electrons. The van der Waals surface area contributed by atoms with Crippen LogP contribution < -0.4 is 10.1 Å². The highest BCUT2D eigenvalue weighted by molar-refractivity contribution is 5.34. The second-order valence-corrected chi connectivity index (χ2v) is 6.69. The topological polar surface area (TPSA) is 21.3 Å². The summed E-state index contributed by atoms with van der Waals surface area (Å²) in [6, 6.07) is 5.13. The Morgan fingerprint density at radius 3 is 2.68 bits per heavy atom. The minimum Gasteiger partial charge on any atom is -0.490 e. The first kappa shape index (κ1) is 18.7. The van der Waals surface area contributed by atoms with Crippen molar-refractivity contribution in [3.8, 4) is 5.75 Å². The van der Waals surface area contributed by atoms with Crippen LogP contribution in [-0.2, 0) is 5.54 Å². The third kappa shape index (κ3) is 6.18. The van der Waals surface area contributed by atoms with E-state index in [4.69, 9.17) is 4.74 Å². The lowest BCUT2D eigenvalue weighted by atomic mass is 9.93. The Morgan fingerprint density at radius 1 is 1.32 bits per heavy atom. The monoisotopic (exact) mass is 307 g/mol. The summed E-state index contributed by atoms with van der Waals surface area (Å²) in [5, 5.41) is 3.53. The molecule has 0 saturated heterocycles. The Hall–Kier alpha value is -1.35. The number of rotatable bonds is 10. The van der Waals surface area contributed by atoms with E-state index >= 15 is 0 Å². The fourth-order valence-corrected chi connectivity index (χ4v) is 2.18. The standard InChI is InChI=1S/C19H30FNO/c1-6-7-8-9-12-21-19(4,5)16-10-11-17(20)18(13-16)22-14-15(2)3/h6,10-11,13,15,21H,1,7-9,12,14H2,2-5H3. The van der Waals surface area contributed by atoms with Gasteiger partial charge in [-0.3, -0.25) is 0 Å². The van der Waals surface area contributed by atoms with Crippen LogP contribution >= 0.6 is 0 Å². The van der Waals surface area contributed by atoms with Crippen LogP contribution in [0.2, 0.25) is 0 Å². The largest absolute Gasteiger partial charge is 0.490 e. The van der Waals surface area contributed by atoms with Crippen molar-refractivity contribution in [1.29, 1.82) is 0 Å². The maximum atomic E-state index is 13.8. The predicted octanol–water partition coefficient (Wildman–Crippen LogP) is 5.04. The maximum Gasteiger partial charge on any atom is 0.165 e. The van der Waals surface area contributed by atoms with Gasteiger partial charge in [-0.05, 0) is 63.3 Å². The molecular weight excluding hydrogens is 277 g/mol. The molecule has 2 nitrogen and oxygen atoms in total. The number of hydrogen-bond donors (Lipinski definition) is 1. The first-order chi connectivity index (χ1) is 10.4.